The molecule has 0 aromatic heterocycles. The molecule has 0 saturated carbocycles. The lowest BCUT2D eigenvalue weighted by Crippen LogP contribution is -2.40. The van der Waals surface area contributed by atoms with Crippen LogP contribution in [0.25, 0.3) is 0 Å². The van der Waals surface area contributed by atoms with Gasteiger partial charge in [-0.3, -0.25) is 4.79 Å². The number of hydrogen-bond acceptors (Lipinski definition) is 6. The Morgan fingerprint density at radius 1 is 1.25 bits per heavy atom. The molecule has 6 nitrogen and oxygen atoms in total. The van der Waals surface area contributed by atoms with Gasteiger partial charge in [0.1, 0.15) is 12.2 Å². The molecule has 1 aromatic rings. The first-order valence-corrected chi connectivity index (χ1v) is 7.84. The van der Waals surface area contributed by atoms with Gasteiger partial charge in [-0.05, 0) is 39.3 Å². The van der Waals surface area contributed by atoms with Gasteiger partial charge in [0, 0.05) is 12.0 Å². The maximum Gasteiger partial charge on any atom is 0.337 e. The lowest BCUT2D eigenvalue weighted by Gasteiger charge is -2.23. The maximum absolute atomic E-state index is 12.2. The molecule has 1 atom stereocenters. The molecule has 24 heavy (non-hydrogen) atoms. The Morgan fingerprint density at radius 2 is 1.92 bits per heavy atom. The highest BCUT2D eigenvalue weighted by molar-refractivity contribution is 5.99. The molecule has 0 fully saturated rings. The van der Waals surface area contributed by atoms with Gasteiger partial charge in [-0.2, -0.15) is 0 Å². The summed E-state index contributed by atoms with van der Waals surface area (Å²) in [6.07, 6.45) is 0.228. The fourth-order valence-corrected chi connectivity index (χ4v) is 2.40. The van der Waals surface area contributed by atoms with Gasteiger partial charge in [0.2, 0.25) is 5.90 Å². The average molecular weight is 333 g/mol. The first-order valence-electron chi connectivity index (χ1n) is 7.84. The van der Waals surface area contributed by atoms with E-state index in [-0.39, 0.29) is 25.4 Å². The van der Waals surface area contributed by atoms with Gasteiger partial charge in [0.25, 0.3) is 0 Å². The molecule has 1 aliphatic rings. The summed E-state index contributed by atoms with van der Waals surface area (Å²) in [5, 5.41) is 0. The summed E-state index contributed by atoms with van der Waals surface area (Å²) >= 11 is 0. The summed E-state index contributed by atoms with van der Waals surface area (Å²) in [7, 11) is 1.30. The molecule has 0 amide bonds. The van der Waals surface area contributed by atoms with Gasteiger partial charge in [-0.15, -0.1) is 0 Å². The second-order valence-corrected chi connectivity index (χ2v) is 6.68. The maximum atomic E-state index is 12.2. The van der Waals surface area contributed by atoms with Crippen molar-refractivity contribution in [2.45, 2.75) is 44.8 Å². The number of carbonyl (C=O) groups excluding carboxylic acids is 2. The van der Waals surface area contributed by atoms with Crippen LogP contribution in [-0.4, -0.2) is 42.7 Å². The third-order valence-corrected chi connectivity index (χ3v) is 3.51. The Labute approximate surface area is 141 Å². The zero-order valence-electron chi connectivity index (χ0n) is 14.5. The van der Waals surface area contributed by atoms with E-state index in [1.807, 2.05) is 30.3 Å². The summed E-state index contributed by atoms with van der Waals surface area (Å²) in [6.45, 7) is 5.44. The van der Waals surface area contributed by atoms with Crippen molar-refractivity contribution in [2.24, 2.45) is 4.99 Å². The molecule has 1 aromatic carbocycles. The van der Waals surface area contributed by atoms with Crippen molar-refractivity contribution in [3.8, 4) is 0 Å². The number of carbonyl (C=O) groups is 2. The van der Waals surface area contributed by atoms with Crippen molar-refractivity contribution >= 4 is 17.8 Å². The molecule has 0 saturated heterocycles. The SMILES string of the molecule is COC(=O)[C@@]1(CCC(=O)OC(C)(C)C)COC(c2ccccc2)=N1. The number of methoxy groups -OCH3 is 1. The summed E-state index contributed by atoms with van der Waals surface area (Å²) in [5.74, 6) is -0.517. The molecule has 0 radical (unpaired) electrons. The Bertz CT molecular complexity index is 633. The van der Waals surface area contributed by atoms with Crippen molar-refractivity contribution in [3.05, 3.63) is 35.9 Å². The normalized spacial score (nSPS) is 20.1. The molecule has 1 aliphatic heterocycles. The van der Waals surface area contributed by atoms with E-state index in [0.717, 1.165) is 5.56 Å². The highest BCUT2D eigenvalue weighted by atomic mass is 16.6. The highest BCUT2D eigenvalue weighted by Gasteiger charge is 2.45. The van der Waals surface area contributed by atoms with E-state index in [4.69, 9.17) is 14.2 Å². The zero-order chi connectivity index (χ0) is 17.8. The van der Waals surface area contributed by atoms with Gasteiger partial charge in [-0.1, -0.05) is 18.2 Å². The number of hydrogen-bond donors (Lipinski definition) is 0. The second kappa shape index (κ2) is 7.03. The number of aliphatic imine (C=N–C) groups is 1. The highest BCUT2D eigenvalue weighted by Crippen LogP contribution is 2.29. The van der Waals surface area contributed by atoms with Crippen LogP contribution < -0.4 is 0 Å². The van der Waals surface area contributed by atoms with E-state index in [1.165, 1.54) is 7.11 Å². The minimum atomic E-state index is -1.21. The van der Waals surface area contributed by atoms with E-state index in [2.05, 4.69) is 4.99 Å². The van der Waals surface area contributed by atoms with Crippen LogP contribution in [-0.2, 0) is 23.8 Å². The van der Waals surface area contributed by atoms with Gasteiger partial charge < -0.3 is 14.2 Å². The number of rotatable bonds is 5. The van der Waals surface area contributed by atoms with Gasteiger partial charge in [0.15, 0.2) is 5.54 Å². The van der Waals surface area contributed by atoms with Crippen LogP contribution in [0.2, 0.25) is 0 Å². The molecule has 0 unspecified atom stereocenters. The third kappa shape index (κ3) is 4.34. The lowest BCUT2D eigenvalue weighted by atomic mass is 9.95. The van der Waals surface area contributed by atoms with E-state index in [1.54, 1.807) is 20.8 Å². The first kappa shape index (κ1) is 18.0. The van der Waals surface area contributed by atoms with E-state index >= 15 is 0 Å². The van der Waals surface area contributed by atoms with Crippen molar-refractivity contribution in [1.29, 1.82) is 0 Å². The van der Waals surface area contributed by atoms with Crippen LogP contribution >= 0.6 is 0 Å². The predicted octanol–water partition coefficient (Wildman–Crippen LogP) is 2.50. The van der Waals surface area contributed by atoms with Crippen molar-refractivity contribution < 1.29 is 23.8 Å². The molecule has 1 heterocycles. The molecule has 0 N–H and O–H groups in total. The number of esters is 2. The number of ether oxygens (including phenoxy) is 3. The van der Waals surface area contributed by atoms with Crippen LogP contribution in [0.4, 0.5) is 0 Å². The van der Waals surface area contributed by atoms with Crippen LogP contribution in [0.1, 0.15) is 39.2 Å². The van der Waals surface area contributed by atoms with Crippen LogP contribution in [0.3, 0.4) is 0 Å². The first-order chi connectivity index (χ1) is 11.3. The monoisotopic (exact) mass is 333 g/mol. The zero-order valence-corrected chi connectivity index (χ0v) is 14.5. The van der Waals surface area contributed by atoms with E-state index in [0.29, 0.717) is 5.90 Å². The fraction of sp³-hybridized carbons (Fsp3) is 0.500. The molecule has 0 bridgehead atoms. The fourth-order valence-electron chi connectivity index (χ4n) is 2.40. The Morgan fingerprint density at radius 3 is 2.50 bits per heavy atom. The number of nitrogens with zero attached hydrogens (tertiary/aromatic N) is 1. The molecule has 130 valence electrons. The topological polar surface area (TPSA) is 74.2 Å². The minimum Gasteiger partial charge on any atom is -0.474 e. The van der Waals surface area contributed by atoms with Gasteiger partial charge in [0.05, 0.1) is 7.11 Å². The van der Waals surface area contributed by atoms with Gasteiger partial charge >= 0.3 is 11.9 Å². The Kier molecular flexibility index (Phi) is 5.26. The summed E-state index contributed by atoms with van der Waals surface area (Å²) in [5.41, 5.74) is -1.00. The predicted molar refractivity (Wildman–Crippen MR) is 88.8 cm³/mol. The Balaban J connectivity index is 2.16. The standard InChI is InChI=1S/C18H23NO5/c1-17(2,3)24-14(20)10-11-18(16(21)22-4)12-23-15(19-18)13-8-6-5-7-9-13/h5-9H,10-12H2,1-4H3/t18-/m1/s1. The minimum absolute atomic E-state index is 0.0483. The van der Waals surface area contributed by atoms with Crippen molar-refractivity contribution in [2.75, 3.05) is 13.7 Å². The molecular weight excluding hydrogens is 310 g/mol. The largest absolute Gasteiger partial charge is 0.474 e. The molecule has 2 rings (SSSR count). The molecule has 6 heteroatoms. The quantitative estimate of drug-likeness (QED) is 0.774. The third-order valence-electron chi connectivity index (χ3n) is 3.51. The summed E-state index contributed by atoms with van der Waals surface area (Å²) < 4.78 is 15.8. The van der Waals surface area contributed by atoms with Crippen LogP contribution in [0.15, 0.2) is 35.3 Å². The smallest absolute Gasteiger partial charge is 0.337 e. The molecule has 0 aliphatic carbocycles. The van der Waals surface area contributed by atoms with E-state index < -0.39 is 17.1 Å². The molecular formula is C18H23NO5. The van der Waals surface area contributed by atoms with Gasteiger partial charge in [-0.25, -0.2) is 9.79 Å². The molecule has 0 spiro atoms. The van der Waals surface area contributed by atoms with E-state index in [9.17, 15) is 9.59 Å². The van der Waals surface area contributed by atoms with Crippen LogP contribution in [0, 0.1) is 0 Å². The number of benzene rings is 1. The summed E-state index contributed by atoms with van der Waals surface area (Å²) in [6, 6.07) is 9.30. The van der Waals surface area contributed by atoms with Crippen molar-refractivity contribution in [3.63, 3.8) is 0 Å². The second-order valence-electron chi connectivity index (χ2n) is 6.68. The lowest BCUT2D eigenvalue weighted by molar-refractivity contribution is -0.156. The van der Waals surface area contributed by atoms with Crippen molar-refractivity contribution in [1.82, 2.24) is 0 Å². The summed E-state index contributed by atoms with van der Waals surface area (Å²) in [4.78, 5) is 28.6. The Hall–Kier alpha value is -2.37. The van der Waals surface area contributed by atoms with Crippen LogP contribution in [0.5, 0.6) is 0 Å². The average Bonchev–Trinajstić information content (AvgIpc) is 2.97.